The van der Waals surface area contributed by atoms with Gasteiger partial charge in [0, 0.05) is 5.56 Å². The first-order chi connectivity index (χ1) is 9.26. The van der Waals surface area contributed by atoms with Gasteiger partial charge in [-0.1, -0.05) is 41.6 Å². The normalized spacial score (nSPS) is 10.6. The molecule has 96 valence electrons. The fourth-order valence-electron chi connectivity index (χ4n) is 1.82. The van der Waals surface area contributed by atoms with Crippen molar-refractivity contribution in [2.24, 2.45) is 5.16 Å². The van der Waals surface area contributed by atoms with Gasteiger partial charge in [-0.15, -0.1) is 0 Å². The number of nitrogens with zero attached hydrogens (tertiary/aromatic N) is 1. The van der Waals surface area contributed by atoms with Gasteiger partial charge in [0.05, 0.1) is 13.3 Å². The van der Waals surface area contributed by atoms with Gasteiger partial charge in [-0.05, 0) is 23.3 Å². The zero-order valence-corrected chi connectivity index (χ0v) is 10.4. The van der Waals surface area contributed by atoms with E-state index in [2.05, 4.69) is 5.16 Å². The van der Waals surface area contributed by atoms with Crippen LogP contribution in [0.3, 0.4) is 0 Å². The number of hydrogen-bond acceptors (Lipinski definition) is 4. The number of benzene rings is 1. The number of oxime groups is 1. The van der Waals surface area contributed by atoms with E-state index in [1.807, 2.05) is 6.07 Å². The highest BCUT2D eigenvalue weighted by molar-refractivity contribution is 5.82. The molecule has 0 amide bonds. The second-order valence-corrected chi connectivity index (χ2v) is 3.90. The zero-order valence-electron chi connectivity index (χ0n) is 10.4. The van der Waals surface area contributed by atoms with E-state index in [0.717, 1.165) is 5.56 Å². The summed E-state index contributed by atoms with van der Waals surface area (Å²) in [4.78, 5) is 12.3. The standard InChI is InChI=1S/C15H13NO3/c1-19-14-8-3-2-7-13(15(14)17)12-6-4-5-11(9-12)10-16-18/h2-10,18H,1H3/b16-10+. The van der Waals surface area contributed by atoms with Crippen LogP contribution in [0.4, 0.5) is 0 Å². The molecule has 19 heavy (non-hydrogen) atoms. The molecule has 0 aliphatic rings. The Bertz CT molecular complexity index is 665. The molecular weight excluding hydrogens is 242 g/mol. The molecule has 0 bridgehead atoms. The first kappa shape index (κ1) is 12.8. The lowest BCUT2D eigenvalue weighted by Crippen LogP contribution is -2.05. The van der Waals surface area contributed by atoms with Gasteiger partial charge >= 0.3 is 0 Å². The van der Waals surface area contributed by atoms with E-state index in [4.69, 9.17) is 9.94 Å². The van der Waals surface area contributed by atoms with Gasteiger partial charge in [0.25, 0.3) is 0 Å². The van der Waals surface area contributed by atoms with Crippen LogP contribution in [0.1, 0.15) is 5.56 Å². The molecule has 0 atom stereocenters. The molecule has 0 saturated heterocycles. The average Bonchev–Trinajstić information content (AvgIpc) is 2.61. The van der Waals surface area contributed by atoms with Crippen LogP contribution in [0.5, 0.6) is 5.75 Å². The summed E-state index contributed by atoms with van der Waals surface area (Å²) in [6.45, 7) is 0. The minimum atomic E-state index is -0.175. The van der Waals surface area contributed by atoms with Crippen LogP contribution in [0.15, 0.2) is 58.5 Å². The van der Waals surface area contributed by atoms with Gasteiger partial charge in [-0.2, -0.15) is 0 Å². The van der Waals surface area contributed by atoms with Crippen molar-refractivity contribution in [1.29, 1.82) is 0 Å². The fraction of sp³-hybridized carbons (Fsp3) is 0.0667. The third-order valence-corrected chi connectivity index (χ3v) is 2.71. The summed E-state index contributed by atoms with van der Waals surface area (Å²) in [7, 11) is 1.47. The summed E-state index contributed by atoms with van der Waals surface area (Å²) in [6.07, 6.45) is 1.31. The molecule has 0 spiro atoms. The average molecular weight is 255 g/mol. The molecular formula is C15H13NO3. The quantitative estimate of drug-likeness (QED) is 0.521. The van der Waals surface area contributed by atoms with Crippen LogP contribution < -0.4 is 10.2 Å². The first-order valence-corrected chi connectivity index (χ1v) is 5.71. The summed E-state index contributed by atoms with van der Waals surface area (Å²) in [5.74, 6) is 0.293. The summed E-state index contributed by atoms with van der Waals surface area (Å²) >= 11 is 0. The van der Waals surface area contributed by atoms with E-state index in [0.29, 0.717) is 16.9 Å². The molecule has 0 radical (unpaired) electrons. The summed E-state index contributed by atoms with van der Waals surface area (Å²) < 4.78 is 5.07. The van der Waals surface area contributed by atoms with Crippen molar-refractivity contribution in [3.63, 3.8) is 0 Å². The van der Waals surface area contributed by atoms with Crippen molar-refractivity contribution < 1.29 is 9.94 Å². The van der Waals surface area contributed by atoms with E-state index in [9.17, 15) is 4.79 Å². The van der Waals surface area contributed by atoms with Crippen LogP contribution in [0.25, 0.3) is 11.1 Å². The fourth-order valence-corrected chi connectivity index (χ4v) is 1.82. The predicted molar refractivity (Wildman–Crippen MR) is 74.1 cm³/mol. The molecule has 2 aromatic carbocycles. The third-order valence-electron chi connectivity index (χ3n) is 2.71. The predicted octanol–water partition coefficient (Wildman–Crippen LogP) is 2.53. The molecule has 0 fully saturated rings. The summed E-state index contributed by atoms with van der Waals surface area (Å²) in [5.41, 5.74) is 1.82. The van der Waals surface area contributed by atoms with E-state index >= 15 is 0 Å². The monoisotopic (exact) mass is 255 g/mol. The second kappa shape index (κ2) is 5.82. The Balaban J connectivity index is 2.63. The maximum Gasteiger partial charge on any atom is 0.228 e. The van der Waals surface area contributed by atoms with Crippen LogP contribution in [0.2, 0.25) is 0 Å². The lowest BCUT2D eigenvalue weighted by atomic mass is 10.0. The lowest BCUT2D eigenvalue weighted by molar-refractivity contribution is 0.322. The van der Waals surface area contributed by atoms with Gasteiger partial charge in [0.1, 0.15) is 0 Å². The topological polar surface area (TPSA) is 58.9 Å². The van der Waals surface area contributed by atoms with E-state index in [-0.39, 0.29) is 5.43 Å². The zero-order chi connectivity index (χ0) is 13.7. The molecule has 0 saturated carbocycles. The molecule has 4 nitrogen and oxygen atoms in total. The smallest absolute Gasteiger partial charge is 0.228 e. The Morgan fingerprint density at radius 1 is 1.16 bits per heavy atom. The second-order valence-electron chi connectivity index (χ2n) is 3.90. The largest absolute Gasteiger partial charge is 0.493 e. The maximum atomic E-state index is 12.3. The van der Waals surface area contributed by atoms with Gasteiger partial charge < -0.3 is 9.94 Å². The number of rotatable bonds is 3. The highest BCUT2D eigenvalue weighted by Crippen LogP contribution is 2.18. The van der Waals surface area contributed by atoms with Crippen LogP contribution in [0, 0.1) is 0 Å². The lowest BCUT2D eigenvalue weighted by Gasteiger charge is -2.01. The van der Waals surface area contributed by atoms with E-state index in [1.165, 1.54) is 13.3 Å². The Hall–Kier alpha value is -2.62. The van der Waals surface area contributed by atoms with Gasteiger partial charge in [-0.25, -0.2) is 0 Å². The van der Waals surface area contributed by atoms with E-state index in [1.54, 1.807) is 42.5 Å². The first-order valence-electron chi connectivity index (χ1n) is 5.71. The third kappa shape index (κ3) is 2.80. The number of hydrogen-bond donors (Lipinski definition) is 1. The van der Waals surface area contributed by atoms with Gasteiger partial charge in [0.2, 0.25) is 5.43 Å². The van der Waals surface area contributed by atoms with Crippen molar-refractivity contribution in [2.75, 3.05) is 7.11 Å². The van der Waals surface area contributed by atoms with Gasteiger partial charge in [-0.3, -0.25) is 4.79 Å². The Morgan fingerprint density at radius 2 is 1.95 bits per heavy atom. The SMILES string of the molecule is COc1ccccc(-c2cccc(/C=N/O)c2)c1=O. The van der Waals surface area contributed by atoms with Crippen molar-refractivity contribution in [3.8, 4) is 16.9 Å². The molecule has 0 heterocycles. The highest BCUT2D eigenvalue weighted by Gasteiger charge is 2.06. The summed E-state index contributed by atoms with van der Waals surface area (Å²) in [5, 5.41) is 11.5. The number of ether oxygens (including phenoxy) is 1. The van der Waals surface area contributed by atoms with Crippen molar-refractivity contribution >= 4 is 6.21 Å². The molecule has 2 rings (SSSR count). The van der Waals surface area contributed by atoms with Crippen LogP contribution in [-0.2, 0) is 0 Å². The van der Waals surface area contributed by atoms with Crippen LogP contribution >= 0.6 is 0 Å². The van der Waals surface area contributed by atoms with Gasteiger partial charge in [0.15, 0.2) is 5.75 Å². The Kier molecular flexibility index (Phi) is 3.93. The maximum absolute atomic E-state index is 12.3. The van der Waals surface area contributed by atoms with E-state index < -0.39 is 0 Å². The molecule has 0 aliphatic heterocycles. The Labute approximate surface area is 110 Å². The highest BCUT2D eigenvalue weighted by atomic mass is 16.5. The molecule has 0 aromatic heterocycles. The van der Waals surface area contributed by atoms with Crippen LogP contribution in [-0.4, -0.2) is 18.5 Å². The minimum Gasteiger partial charge on any atom is -0.493 e. The molecule has 2 aromatic rings. The number of methoxy groups -OCH3 is 1. The summed E-state index contributed by atoms with van der Waals surface area (Å²) in [6, 6.07) is 14.1. The molecule has 0 unspecified atom stereocenters. The minimum absolute atomic E-state index is 0.175. The molecule has 0 aliphatic carbocycles. The van der Waals surface area contributed by atoms with Crippen molar-refractivity contribution in [2.45, 2.75) is 0 Å². The molecule has 4 heteroatoms. The van der Waals surface area contributed by atoms with Crippen molar-refractivity contribution in [1.82, 2.24) is 0 Å². The Morgan fingerprint density at radius 3 is 2.68 bits per heavy atom. The van der Waals surface area contributed by atoms with Crippen molar-refractivity contribution in [3.05, 3.63) is 64.3 Å². The molecule has 1 N–H and O–H groups in total.